The maximum atomic E-state index is 13.1. The number of anilines is 1. The van der Waals surface area contributed by atoms with Crippen LogP contribution in [0, 0.1) is 5.82 Å². The quantitative estimate of drug-likeness (QED) is 0.375. The Kier molecular flexibility index (Phi) is 5.74. The van der Waals surface area contributed by atoms with Gasteiger partial charge in [-0.15, -0.1) is 10.2 Å². The Balaban J connectivity index is 1.73. The fourth-order valence-electron chi connectivity index (χ4n) is 2.50. The Hall–Kier alpha value is -3.20. The van der Waals surface area contributed by atoms with Crippen molar-refractivity contribution in [3.05, 3.63) is 59.9 Å². The third-order valence-corrected chi connectivity index (χ3v) is 5.04. The van der Waals surface area contributed by atoms with E-state index >= 15 is 0 Å². The molecule has 9 heteroatoms. The average Bonchev–Trinajstić information content (AvgIpc) is 3.03. The number of nitrogens with one attached hydrogen (secondary N) is 1. The van der Waals surface area contributed by atoms with Crippen molar-refractivity contribution in [3.63, 3.8) is 0 Å². The molecule has 0 fully saturated rings. The van der Waals surface area contributed by atoms with Gasteiger partial charge in [0.1, 0.15) is 5.82 Å². The molecule has 144 valence electrons. The van der Waals surface area contributed by atoms with E-state index in [9.17, 15) is 14.0 Å². The number of para-hydroxylation sites is 1. The molecule has 0 aliphatic carbocycles. The Morgan fingerprint density at radius 1 is 1.14 bits per heavy atom. The largest absolute Gasteiger partial charge is 0.335 e. The molecule has 0 saturated carbocycles. The number of hydrogen-bond donors (Lipinski definition) is 2. The van der Waals surface area contributed by atoms with Crippen molar-refractivity contribution in [1.29, 1.82) is 0 Å². The van der Waals surface area contributed by atoms with Gasteiger partial charge < -0.3 is 11.2 Å². The summed E-state index contributed by atoms with van der Waals surface area (Å²) < 4.78 is 14.3. The van der Waals surface area contributed by atoms with E-state index in [0.29, 0.717) is 27.8 Å². The van der Waals surface area contributed by atoms with Gasteiger partial charge in [0.05, 0.1) is 10.9 Å². The highest BCUT2D eigenvalue weighted by Crippen LogP contribution is 2.26. The number of Topliss-reactive ketones (excluding diaryl/α,β-unsaturated/α-hetero) is 1. The summed E-state index contributed by atoms with van der Waals surface area (Å²) in [5.41, 5.74) is 1.50. The third kappa shape index (κ3) is 4.20. The van der Waals surface area contributed by atoms with Crippen LogP contribution in [0.5, 0.6) is 0 Å². The van der Waals surface area contributed by atoms with E-state index < -0.39 is 5.25 Å². The van der Waals surface area contributed by atoms with Crippen molar-refractivity contribution < 1.29 is 14.0 Å². The molecule has 7 nitrogen and oxygen atoms in total. The minimum Gasteiger partial charge on any atom is -0.335 e. The minimum absolute atomic E-state index is 0.137. The summed E-state index contributed by atoms with van der Waals surface area (Å²) in [6.07, 6.45) is 0. The number of ketones is 1. The van der Waals surface area contributed by atoms with E-state index in [1.54, 1.807) is 43.3 Å². The Morgan fingerprint density at radius 3 is 2.50 bits per heavy atom. The van der Waals surface area contributed by atoms with E-state index in [2.05, 4.69) is 15.5 Å². The van der Waals surface area contributed by atoms with E-state index in [1.165, 1.54) is 23.7 Å². The predicted molar refractivity (Wildman–Crippen MR) is 106 cm³/mol. The SMILES string of the molecule is CC(=O)c1ccccc1NC(=O)C(C)Sc1nnc(-c2ccc(F)cc2)n1N. The van der Waals surface area contributed by atoms with Crippen LogP contribution in [0.15, 0.2) is 53.7 Å². The fourth-order valence-corrected chi connectivity index (χ4v) is 3.27. The maximum Gasteiger partial charge on any atom is 0.237 e. The van der Waals surface area contributed by atoms with E-state index in [4.69, 9.17) is 5.84 Å². The number of carbonyl (C=O) groups excluding carboxylic acids is 2. The molecule has 3 N–H and O–H groups in total. The number of nitrogen functional groups attached to an aromatic ring is 1. The molecule has 28 heavy (non-hydrogen) atoms. The number of halogens is 1. The van der Waals surface area contributed by atoms with Crippen LogP contribution in [0.4, 0.5) is 10.1 Å². The van der Waals surface area contributed by atoms with Gasteiger partial charge in [0.2, 0.25) is 11.1 Å². The number of amides is 1. The van der Waals surface area contributed by atoms with Gasteiger partial charge in [0.25, 0.3) is 0 Å². The summed E-state index contributed by atoms with van der Waals surface area (Å²) in [4.78, 5) is 24.2. The Labute approximate surface area is 165 Å². The van der Waals surface area contributed by atoms with E-state index in [-0.39, 0.29) is 17.5 Å². The van der Waals surface area contributed by atoms with Crippen molar-refractivity contribution >= 4 is 29.1 Å². The number of aromatic nitrogens is 3. The first-order chi connectivity index (χ1) is 13.4. The molecule has 3 aromatic rings. The van der Waals surface area contributed by atoms with Crippen molar-refractivity contribution in [2.45, 2.75) is 24.3 Å². The van der Waals surface area contributed by atoms with Gasteiger partial charge in [0, 0.05) is 11.1 Å². The lowest BCUT2D eigenvalue weighted by Gasteiger charge is -2.13. The molecule has 1 heterocycles. The molecule has 1 amide bonds. The maximum absolute atomic E-state index is 13.1. The second kappa shape index (κ2) is 8.22. The lowest BCUT2D eigenvalue weighted by atomic mass is 10.1. The van der Waals surface area contributed by atoms with Gasteiger partial charge in [-0.3, -0.25) is 9.59 Å². The van der Waals surface area contributed by atoms with Crippen molar-refractivity contribution in [2.24, 2.45) is 0 Å². The smallest absolute Gasteiger partial charge is 0.237 e. The van der Waals surface area contributed by atoms with Crippen LogP contribution in [-0.2, 0) is 4.79 Å². The van der Waals surface area contributed by atoms with Crippen LogP contribution in [0.1, 0.15) is 24.2 Å². The topological polar surface area (TPSA) is 103 Å². The number of carbonyl (C=O) groups is 2. The van der Waals surface area contributed by atoms with Crippen molar-refractivity contribution in [2.75, 3.05) is 11.2 Å². The number of thioether (sulfide) groups is 1. The monoisotopic (exact) mass is 399 g/mol. The molecule has 3 rings (SSSR count). The lowest BCUT2D eigenvalue weighted by molar-refractivity contribution is -0.115. The van der Waals surface area contributed by atoms with E-state index in [1.807, 2.05) is 0 Å². The highest BCUT2D eigenvalue weighted by Gasteiger charge is 2.21. The zero-order chi connectivity index (χ0) is 20.3. The van der Waals surface area contributed by atoms with E-state index in [0.717, 1.165) is 11.8 Å². The summed E-state index contributed by atoms with van der Waals surface area (Å²) in [5, 5.41) is 10.6. The third-order valence-electron chi connectivity index (χ3n) is 3.98. The lowest BCUT2D eigenvalue weighted by Crippen LogP contribution is -2.24. The molecule has 1 aromatic heterocycles. The number of rotatable bonds is 6. The van der Waals surface area contributed by atoms with Gasteiger partial charge in [-0.05, 0) is 50.2 Å². The Bertz CT molecular complexity index is 1020. The fraction of sp³-hybridized carbons (Fsp3) is 0.158. The average molecular weight is 399 g/mol. The van der Waals surface area contributed by atoms with Crippen LogP contribution in [0.25, 0.3) is 11.4 Å². The first kappa shape index (κ1) is 19.6. The summed E-state index contributed by atoms with van der Waals surface area (Å²) >= 11 is 1.12. The standard InChI is InChI=1S/C19H18FN5O2S/c1-11(26)15-5-3-4-6-16(15)22-18(27)12(2)28-19-24-23-17(25(19)21)13-7-9-14(20)10-8-13/h3-10,12H,21H2,1-2H3,(H,22,27). The van der Waals surface area contributed by atoms with Gasteiger partial charge in [-0.2, -0.15) is 0 Å². The molecule has 0 radical (unpaired) electrons. The first-order valence-corrected chi connectivity index (χ1v) is 9.28. The van der Waals surface area contributed by atoms with Gasteiger partial charge in [0.15, 0.2) is 11.6 Å². The van der Waals surface area contributed by atoms with Gasteiger partial charge in [-0.1, -0.05) is 23.9 Å². The molecule has 1 atom stereocenters. The number of benzene rings is 2. The molecule has 0 spiro atoms. The molecule has 0 saturated heterocycles. The first-order valence-electron chi connectivity index (χ1n) is 8.40. The predicted octanol–water partition coefficient (Wildman–Crippen LogP) is 3.12. The summed E-state index contributed by atoms with van der Waals surface area (Å²) in [5.74, 6) is 5.60. The van der Waals surface area contributed by atoms with Gasteiger partial charge in [-0.25, -0.2) is 9.07 Å². The van der Waals surface area contributed by atoms with Crippen LogP contribution >= 0.6 is 11.8 Å². The highest BCUT2D eigenvalue weighted by molar-refractivity contribution is 8.00. The Morgan fingerprint density at radius 2 is 1.82 bits per heavy atom. The minimum atomic E-state index is -0.549. The molecule has 0 bridgehead atoms. The molecule has 0 aliphatic heterocycles. The molecule has 1 unspecified atom stereocenters. The van der Waals surface area contributed by atoms with Crippen molar-refractivity contribution in [1.82, 2.24) is 14.9 Å². The number of nitrogens with zero attached hydrogens (tertiary/aromatic N) is 3. The summed E-state index contributed by atoms with van der Waals surface area (Å²) in [7, 11) is 0. The number of hydrogen-bond acceptors (Lipinski definition) is 6. The zero-order valence-corrected chi connectivity index (χ0v) is 16.0. The molecular formula is C19H18FN5O2S. The molecule has 0 aliphatic rings. The van der Waals surface area contributed by atoms with Crippen molar-refractivity contribution in [3.8, 4) is 11.4 Å². The van der Waals surface area contributed by atoms with Crippen LogP contribution in [-0.4, -0.2) is 31.8 Å². The normalized spacial score (nSPS) is 11.8. The van der Waals surface area contributed by atoms with Crippen LogP contribution in [0.2, 0.25) is 0 Å². The summed E-state index contributed by atoms with van der Waals surface area (Å²) in [6.45, 7) is 3.14. The number of nitrogens with two attached hydrogens (primary N) is 1. The molecule has 2 aromatic carbocycles. The van der Waals surface area contributed by atoms with Crippen LogP contribution in [0.3, 0.4) is 0 Å². The molecular weight excluding hydrogens is 381 g/mol. The summed E-state index contributed by atoms with van der Waals surface area (Å²) in [6, 6.07) is 12.5. The second-order valence-corrected chi connectivity index (χ2v) is 7.34. The van der Waals surface area contributed by atoms with Crippen LogP contribution < -0.4 is 11.2 Å². The second-order valence-electron chi connectivity index (χ2n) is 6.03. The highest BCUT2D eigenvalue weighted by atomic mass is 32.2. The van der Waals surface area contributed by atoms with Gasteiger partial charge >= 0.3 is 0 Å². The zero-order valence-electron chi connectivity index (χ0n) is 15.2.